The van der Waals surface area contributed by atoms with Gasteiger partial charge in [0.15, 0.2) is 0 Å². The molecule has 120 valence electrons. The van der Waals surface area contributed by atoms with Crippen LogP contribution in [0.15, 0.2) is 78.9 Å². The van der Waals surface area contributed by atoms with Gasteiger partial charge in [-0.15, -0.1) is 0 Å². The molecule has 0 aromatic heterocycles. The quantitative estimate of drug-likeness (QED) is 0.730. The smallest absolute Gasteiger partial charge is 0.237 e. The summed E-state index contributed by atoms with van der Waals surface area (Å²) in [6.07, 6.45) is 0. The number of hydrogen-bond donors (Lipinski definition) is 1. The first kappa shape index (κ1) is 15.9. The van der Waals surface area contributed by atoms with Crippen molar-refractivity contribution >= 4 is 5.91 Å². The van der Waals surface area contributed by atoms with Crippen LogP contribution in [-0.2, 0) is 10.2 Å². The molecule has 0 radical (unpaired) electrons. The molecule has 0 aliphatic rings. The zero-order valence-corrected chi connectivity index (χ0v) is 12.7. The van der Waals surface area contributed by atoms with Gasteiger partial charge in [0.1, 0.15) is 17.0 Å². The summed E-state index contributed by atoms with van der Waals surface area (Å²) in [5, 5.41) is 0. The van der Waals surface area contributed by atoms with Crippen molar-refractivity contribution in [1.29, 1.82) is 0 Å². The fourth-order valence-electron chi connectivity index (χ4n) is 3.05. The summed E-state index contributed by atoms with van der Waals surface area (Å²) in [5.41, 5.74) is 5.30. The molecule has 0 fully saturated rings. The van der Waals surface area contributed by atoms with Gasteiger partial charge in [0.25, 0.3) is 0 Å². The van der Waals surface area contributed by atoms with Crippen molar-refractivity contribution in [2.45, 2.75) is 5.41 Å². The first-order chi connectivity index (χ1) is 11.6. The number of halogens is 2. The monoisotopic (exact) mass is 323 g/mol. The lowest BCUT2D eigenvalue weighted by Crippen LogP contribution is -2.44. The summed E-state index contributed by atoms with van der Waals surface area (Å²) in [6, 6.07) is 20.1. The first-order valence-electron chi connectivity index (χ1n) is 7.43. The van der Waals surface area contributed by atoms with E-state index in [1.165, 1.54) is 36.4 Å². The summed E-state index contributed by atoms with van der Waals surface area (Å²) >= 11 is 0. The second kappa shape index (κ2) is 6.24. The Balaban J connectivity index is 2.41. The molecular weight excluding hydrogens is 308 g/mol. The van der Waals surface area contributed by atoms with E-state index in [1.54, 1.807) is 42.5 Å². The maximum absolute atomic E-state index is 14.6. The van der Waals surface area contributed by atoms with Gasteiger partial charge in [-0.1, -0.05) is 60.7 Å². The van der Waals surface area contributed by atoms with Crippen LogP contribution in [0.5, 0.6) is 0 Å². The van der Waals surface area contributed by atoms with Crippen LogP contribution in [0.3, 0.4) is 0 Å². The minimum atomic E-state index is -1.54. The Bertz CT molecular complexity index is 862. The third-order valence-corrected chi connectivity index (χ3v) is 4.13. The van der Waals surface area contributed by atoms with Crippen molar-refractivity contribution in [3.05, 3.63) is 107 Å². The van der Waals surface area contributed by atoms with Gasteiger partial charge in [0.2, 0.25) is 5.91 Å². The van der Waals surface area contributed by atoms with Gasteiger partial charge in [-0.3, -0.25) is 4.79 Å². The van der Waals surface area contributed by atoms with Crippen LogP contribution >= 0.6 is 0 Å². The summed E-state index contributed by atoms with van der Waals surface area (Å²) < 4.78 is 28.0. The number of hydrogen-bond acceptors (Lipinski definition) is 1. The van der Waals surface area contributed by atoms with Crippen molar-refractivity contribution in [2.75, 3.05) is 0 Å². The molecule has 2 nitrogen and oxygen atoms in total. The van der Waals surface area contributed by atoms with E-state index in [-0.39, 0.29) is 5.56 Å². The standard InChI is InChI=1S/C20H15F2NO/c21-16-12-10-15(11-13-16)20(19(23)24,14-6-2-1-3-7-14)17-8-4-5-9-18(17)22/h1-13H,(H2,23,24)/t20-/m0/s1. The van der Waals surface area contributed by atoms with Gasteiger partial charge >= 0.3 is 0 Å². The van der Waals surface area contributed by atoms with Gasteiger partial charge in [0, 0.05) is 5.56 Å². The predicted molar refractivity (Wildman–Crippen MR) is 88.3 cm³/mol. The molecule has 4 heteroatoms. The fraction of sp³-hybridized carbons (Fsp3) is 0.0500. The normalized spacial score (nSPS) is 13.2. The Kier molecular flexibility index (Phi) is 4.13. The van der Waals surface area contributed by atoms with Crippen LogP contribution in [0.25, 0.3) is 0 Å². The van der Waals surface area contributed by atoms with Crippen LogP contribution in [0.2, 0.25) is 0 Å². The molecule has 0 aliphatic carbocycles. The van der Waals surface area contributed by atoms with Crippen molar-refractivity contribution in [1.82, 2.24) is 0 Å². The van der Waals surface area contributed by atoms with Crippen LogP contribution in [-0.4, -0.2) is 5.91 Å². The first-order valence-corrected chi connectivity index (χ1v) is 7.43. The predicted octanol–water partition coefficient (Wildman–Crippen LogP) is 3.78. The van der Waals surface area contributed by atoms with E-state index in [1.807, 2.05) is 0 Å². The molecule has 0 aliphatic heterocycles. The Morgan fingerprint density at radius 1 is 0.750 bits per heavy atom. The average Bonchev–Trinajstić information content (AvgIpc) is 2.59. The fourth-order valence-corrected chi connectivity index (χ4v) is 3.05. The largest absolute Gasteiger partial charge is 0.368 e. The lowest BCUT2D eigenvalue weighted by atomic mass is 9.68. The Morgan fingerprint density at radius 3 is 1.88 bits per heavy atom. The highest BCUT2D eigenvalue weighted by Crippen LogP contribution is 2.40. The summed E-state index contributed by atoms with van der Waals surface area (Å²) in [7, 11) is 0. The van der Waals surface area contributed by atoms with E-state index in [9.17, 15) is 13.6 Å². The van der Waals surface area contributed by atoms with E-state index in [2.05, 4.69) is 0 Å². The maximum atomic E-state index is 14.6. The molecule has 1 amide bonds. The molecule has 2 N–H and O–H groups in total. The van der Waals surface area contributed by atoms with Crippen molar-refractivity contribution < 1.29 is 13.6 Å². The number of rotatable bonds is 4. The van der Waals surface area contributed by atoms with Crippen molar-refractivity contribution in [3.8, 4) is 0 Å². The van der Waals surface area contributed by atoms with Crippen molar-refractivity contribution in [2.24, 2.45) is 5.73 Å². The Morgan fingerprint density at radius 2 is 1.29 bits per heavy atom. The summed E-state index contributed by atoms with van der Waals surface area (Å²) in [6.45, 7) is 0. The van der Waals surface area contributed by atoms with E-state index < -0.39 is 23.0 Å². The molecule has 1 atom stereocenters. The van der Waals surface area contributed by atoms with Gasteiger partial charge in [-0.05, 0) is 29.3 Å². The van der Waals surface area contributed by atoms with Gasteiger partial charge in [-0.2, -0.15) is 0 Å². The second-order valence-corrected chi connectivity index (χ2v) is 5.47. The van der Waals surface area contributed by atoms with E-state index in [0.29, 0.717) is 11.1 Å². The number of carbonyl (C=O) groups excluding carboxylic acids is 1. The molecule has 24 heavy (non-hydrogen) atoms. The molecule has 3 rings (SSSR count). The minimum Gasteiger partial charge on any atom is -0.368 e. The third kappa shape index (κ3) is 2.46. The third-order valence-electron chi connectivity index (χ3n) is 4.13. The molecule has 0 unspecified atom stereocenters. The van der Waals surface area contributed by atoms with E-state index in [4.69, 9.17) is 5.73 Å². The lowest BCUT2D eigenvalue weighted by Gasteiger charge is -2.32. The maximum Gasteiger partial charge on any atom is 0.237 e. The van der Waals surface area contributed by atoms with Crippen LogP contribution in [0.1, 0.15) is 16.7 Å². The Labute approximate surface area is 138 Å². The minimum absolute atomic E-state index is 0.135. The molecule has 0 spiro atoms. The molecule has 0 heterocycles. The molecule has 0 saturated carbocycles. The van der Waals surface area contributed by atoms with Crippen LogP contribution in [0.4, 0.5) is 8.78 Å². The van der Waals surface area contributed by atoms with Crippen LogP contribution in [0, 0.1) is 11.6 Å². The van der Waals surface area contributed by atoms with Crippen molar-refractivity contribution in [3.63, 3.8) is 0 Å². The average molecular weight is 323 g/mol. The molecule has 3 aromatic carbocycles. The Hall–Kier alpha value is -3.01. The highest BCUT2D eigenvalue weighted by atomic mass is 19.1. The zero-order valence-electron chi connectivity index (χ0n) is 12.7. The summed E-state index contributed by atoms with van der Waals surface area (Å²) in [4.78, 5) is 12.6. The SMILES string of the molecule is NC(=O)[C@@](c1ccccc1)(c1ccc(F)cc1)c1ccccc1F. The highest BCUT2D eigenvalue weighted by molar-refractivity contribution is 5.95. The molecule has 0 bridgehead atoms. The van der Waals surface area contributed by atoms with E-state index >= 15 is 0 Å². The van der Waals surface area contributed by atoms with E-state index in [0.717, 1.165) is 0 Å². The molecular formula is C20H15F2NO. The molecule has 0 saturated heterocycles. The zero-order chi connectivity index (χ0) is 17.2. The molecule has 3 aromatic rings. The van der Waals surface area contributed by atoms with Gasteiger partial charge in [-0.25, -0.2) is 8.78 Å². The summed E-state index contributed by atoms with van der Waals surface area (Å²) in [5.74, 6) is -1.73. The van der Waals surface area contributed by atoms with Gasteiger partial charge < -0.3 is 5.73 Å². The second-order valence-electron chi connectivity index (χ2n) is 5.47. The number of nitrogens with two attached hydrogens (primary N) is 1. The topological polar surface area (TPSA) is 43.1 Å². The number of carbonyl (C=O) groups is 1. The number of amides is 1. The van der Waals surface area contributed by atoms with Gasteiger partial charge in [0.05, 0.1) is 0 Å². The highest BCUT2D eigenvalue weighted by Gasteiger charge is 2.44. The number of benzene rings is 3. The number of primary amides is 1. The van der Waals surface area contributed by atoms with Crippen LogP contribution < -0.4 is 5.73 Å². The lowest BCUT2D eigenvalue weighted by molar-refractivity contribution is -0.121.